The first-order valence-corrected chi connectivity index (χ1v) is 6.10. The highest BCUT2D eigenvalue weighted by Crippen LogP contribution is 2.08. The fourth-order valence-electron chi connectivity index (χ4n) is 1.26. The smallest absolute Gasteiger partial charge is 0.303 e. The molecule has 0 aromatic heterocycles. The Morgan fingerprint density at radius 3 is 2.39 bits per heavy atom. The fourth-order valence-corrected chi connectivity index (χ4v) is 1.26. The first-order valence-electron chi connectivity index (χ1n) is 6.10. The van der Waals surface area contributed by atoms with Crippen molar-refractivity contribution < 1.29 is 9.90 Å². The van der Waals surface area contributed by atoms with E-state index in [9.17, 15) is 4.79 Å². The van der Waals surface area contributed by atoms with Gasteiger partial charge in [0, 0.05) is 32.8 Å². The molecule has 0 aromatic rings. The zero-order valence-electron chi connectivity index (χ0n) is 11.7. The van der Waals surface area contributed by atoms with Gasteiger partial charge in [0.1, 0.15) is 0 Å². The van der Waals surface area contributed by atoms with Gasteiger partial charge < -0.3 is 15.0 Å². The van der Waals surface area contributed by atoms with Crippen molar-refractivity contribution in [1.82, 2.24) is 9.91 Å². The molecule has 0 heterocycles. The van der Waals surface area contributed by atoms with E-state index in [-0.39, 0.29) is 18.4 Å². The zero-order chi connectivity index (χ0) is 14.1. The van der Waals surface area contributed by atoms with E-state index in [2.05, 4.69) is 11.8 Å². The molecule has 5 heteroatoms. The Kier molecular flexibility index (Phi) is 7.87. The number of nitrogens with zero attached hydrogens (tertiary/aromatic N) is 2. The molecule has 0 rings (SSSR count). The second-order valence-electron chi connectivity index (χ2n) is 4.66. The average Bonchev–Trinajstić information content (AvgIpc) is 2.30. The minimum atomic E-state index is -0.745. The highest BCUT2D eigenvalue weighted by Gasteiger charge is 2.04. The fraction of sp³-hybridized carbons (Fsp3) is 0.615. The van der Waals surface area contributed by atoms with Crippen LogP contribution in [0.25, 0.3) is 0 Å². The normalized spacial score (nSPS) is 14.9. The van der Waals surface area contributed by atoms with E-state index >= 15 is 0 Å². The molecule has 0 saturated carbocycles. The van der Waals surface area contributed by atoms with Crippen molar-refractivity contribution in [3.63, 3.8) is 0 Å². The highest BCUT2D eigenvalue weighted by molar-refractivity contribution is 5.66. The van der Waals surface area contributed by atoms with Gasteiger partial charge in [-0.25, -0.2) is 5.84 Å². The Labute approximate surface area is 110 Å². The lowest BCUT2D eigenvalue weighted by molar-refractivity contribution is -0.137. The standard InChI is InChI=1S/C13H25N3O2/c1-11(5-6-13(17)18)7-9-15(3)12(2)8-10-16(4)14/h7-12H,5-6,14H2,1-4H3,(H,17,18)/b9-7+,10-8+. The van der Waals surface area contributed by atoms with Crippen LogP contribution in [0.15, 0.2) is 24.6 Å². The first-order chi connectivity index (χ1) is 8.32. The van der Waals surface area contributed by atoms with E-state index in [4.69, 9.17) is 10.9 Å². The second-order valence-corrected chi connectivity index (χ2v) is 4.66. The number of nitrogens with two attached hydrogens (primary N) is 1. The highest BCUT2D eigenvalue weighted by atomic mass is 16.4. The topological polar surface area (TPSA) is 69.8 Å². The molecule has 3 N–H and O–H groups in total. The number of carbonyl (C=O) groups is 1. The molecule has 18 heavy (non-hydrogen) atoms. The molecule has 0 aliphatic heterocycles. The quantitative estimate of drug-likeness (QED) is 0.510. The zero-order valence-corrected chi connectivity index (χ0v) is 11.7. The van der Waals surface area contributed by atoms with Crippen LogP contribution in [0.4, 0.5) is 0 Å². The molecule has 0 amide bonds. The molecule has 104 valence electrons. The molecular weight excluding hydrogens is 230 g/mol. The molecule has 5 nitrogen and oxygen atoms in total. The summed E-state index contributed by atoms with van der Waals surface area (Å²) >= 11 is 0. The van der Waals surface area contributed by atoms with E-state index in [1.54, 1.807) is 7.05 Å². The van der Waals surface area contributed by atoms with Crippen molar-refractivity contribution in [1.29, 1.82) is 0 Å². The number of carboxylic acids is 1. The van der Waals surface area contributed by atoms with Crippen molar-refractivity contribution in [3.8, 4) is 0 Å². The van der Waals surface area contributed by atoms with Gasteiger partial charge in [0.05, 0.1) is 0 Å². The maximum absolute atomic E-state index is 10.4. The van der Waals surface area contributed by atoms with Gasteiger partial charge in [0.25, 0.3) is 0 Å². The predicted molar refractivity (Wildman–Crippen MR) is 73.5 cm³/mol. The number of allylic oxidation sites excluding steroid dienone is 1. The summed E-state index contributed by atoms with van der Waals surface area (Å²) in [4.78, 5) is 12.5. The summed E-state index contributed by atoms with van der Waals surface area (Å²) in [7, 11) is 3.75. The van der Waals surface area contributed by atoms with Crippen LogP contribution in [-0.2, 0) is 4.79 Å². The third kappa shape index (κ3) is 8.64. The van der Waals surface area contributed by atoms with Crippen LogP contribution in [0.5, 0.6) is 0 Å². The van der Waals surface area contributed by atoms with E-state index in [1.165, 1.54) is 5.01 Å². The largest absolute Gasteiger partial charge is 0.481 e. The molecule has 0 radical (unpaired) electrons. The van der Waals surface area contributed by atoms with Crippen LogP contribution < -0.4 is 5.84 Å². The molecule has 0 saturated heterocycles. The summed E-state index contributed by atoms with van der Waals surface area (Å²) < 4.78 is 0. The Morgan fingerprint density at radius 1 is 1.28 bits per heavy atom. The average molecular weight is 255 g/mol. The Morgan fingerprint density at radius 2 is 1.89 bits per heavy atom. The number of carboxylic acid groups (broad SMARTS) is 1. The number of hydrogen-bond acceptors (Lipinski definition) is 4. The van der Waals surface area contributed by atoms with Gasteiger partial charge in [-0.1, -0.05) is 13.0 Å². The monoisotopic (exact) mass is 255 g/mol. The van der Waals surface area contributed by atoms with E-state index < -0.39 is 5.97 Å². The first kappa shape index (κ1) is 16.5. The van der Waals surface area contributed by atoms with Gasteiger partial charge in [-0.15, -0.1) is 0 Å². The van der Waals surface area contributed by atoms with Crippen molar-refractivity contribution in [3.05, 3.63) is 24.6 Å². The Hall–Kier alpha value is -1.49. The second kappa shape index (κ2) is 8.58. The predicted octanol–water partition coefficient (Wildman–Crippen LogP) is 1.64. The molecule has 2 unspecified atom stereocenters. The number of aliphatic carboxylic acids is 1. The van der Waals surface area contributed by atoms with Gasteiger partial charge in [0.15, 0.2) is 0 Å². The molecule has 0 spiro atoms. The van der Waals surface area contributed by atoms with Gasteiger partial charge in [-0.2, -0.15) is 0 Å². The minimum Gasteiger partial charge on any atom is -0.481 e. The van der Waals surface area contributed by atoms with Crippen LogP contribution in [0, 0.1) is 5.92 Å². The molecule has 0 aliphatic carbocycles. The third-order valence-corrected chi connectivity index (χ3v) is 2.71. The van der Waals surface area contributed by atoms with Gasteiger partial charge >= 0.3 is 5.97 Å². The van der Waals surface area contributed by atoms with Crippen molar-refractivity contribution in [2.45, 2.75) is 32.7 Å². The maximum atomic E-state index is 10.4. The van der Waals surface area contributed by atoms with Gasteiger partial charge in [0.2, 0.25) is 0 Å². The van der Waals surface area contributed by atoms with Crippen LogP contribution in [-0.4, -0.2) is 41.1 Å². The van der Waals surface area contributed by atoms with Crippen LogP contribution in [0.2, 0.25) is 0 Å². The van der Waals surface area contributed by atoms with Crippen LogP contribution in [0.1, 0.15) is 26.7 Å². The summed E-state index contributed by atoms with van der Waals surface area (Å²) in [5.74, 6) is 5.00. The van der Waals surface area contributed by atoms with Crippen molar-refractivity contribution >= 4 is 5.97 Å². The summed E-state index contributed by atoms with van der Waals surface area (Å²) in [6, 6.07) is 0.235. The number of likely N-dealkylation sites (N-methyl/N-ethyl adjacent to an activating group) is 1. The molecule has 0 fully saturated rings. The van der Waals surface area contributed by atoms with Crippen LogP contribution in [0.3, 0.4) is 0 Å². The third-order valence-electron chi connectivity index (χ3n) is 2.71. The molecule has 0 bridgehead atoms. The van der Waals surface area contributed by atoms with Crippen LogP contribution >= 0.6 is 0 Å². The summed E-state index contributed by atoms with van der Waals surface area (Å²) in [6.07, 6.45) is 8.69. The minimum absolute atomic E-state index is 0.211. The van der Waals surface area contributed by atoms with Gasteiger partial charge in [-0.3, -0.25) is 4.79 Å². The molecular formula is C13H25N3O2. The lowest BCUT2D eigenvalue weighted by atomic mass is 10.1. The van der Waals surface area contributed by atoms with E-state index in [0.717, 1.165) is 0 Å². The number of hydrogen-bond donors (Lipinski definition) is 2. The van der Waals surface area contributed by atoms with Gasteiger partial charge in [-0.05, 0) is 31.5 Å². The summed E-state index contributed by atoms with van der Waals surface area (Å²) in [5, 5.41) is 10.1. The Balaban J connectivity index is 4.12. The Bertz CT molecular complexity index is 301. The lowest BCUT2D eigenvalue weighted by Crippen LogP contribution is -2.24. The van der Waals surface area contributed by atoms with E-state index in [1.807, 2.05) is 38.5 Å². The molecule has 2 atom stereocenters. The SMILES string of the molecule is CC(/C=C/N(C)C(C)/C=C/N(C)N)CCC(=O)O. The molecule has 0 aliphatic rings. The van der Waals surface area contributed by atoms with E-state index in [0.29, 0.717) is 6.42 Å². The lowest BCUT2D eigenvalue weighted by Gasteiger charge is -2.21. The molecule has 0 aromatic carbocycles. The maximum Gasteiger partial charge on any atom is 0.303 e. The number of hydrazine groups is 1. The van der Waals surface area contributed by atoms with Crippen molar-refractivity contribution in [2.75, 3.05) is 14.1 Å². The summed E-state index contributed by atoms with van der Waals surface area (Å²) in [6.45, 7) is 4.08. The van der Waals surface area contributed by atoms with Crippen molar-refractivity contribution in [2.24, 2.45) is 11.8 Å². The number of rotatable bonds is 8. The summed E-state index contributed by atoms with van der Waals surface area (Å²) in [5.41, 5.74) is 0.